The highest BCUT2D eigenvalue weighted by molar-refractivity contribution is 7.17. The van der Waals surface area contributed by atoms with Crippen molar-refractivity contribution in [3.63, 3.8) is 0 Å². The quantitative estimate of drug-likeness (QED) is 0.640. The lowest BCUT2D eigenvalue weighted by Crippen LogP contribution is -2.12. The van der Waals surface area contributed by atoms with Crippen LogP contribution >= 0.6 is 22.9 Å². The molecule has 1 aromatic heterocycles. The van der Waals surface area contributed by atoms with Crippen LogP contribution in [0.4, 0.5) is 25.3 Å². The number of aromatic nitrogens is 1. The fourth-order valence-corrected chi connectivity index (χ4v) is 3.13. The molecule has 0 unspecified atom stereocenters. The number of hydrogen-bond acceptors (Lipinski definition) is 4. The molecule has 8 heteroatoms. The van der Waals surface area contributed by atoms with Gasteiger partial charge in [0.2, 0.25) is 0 Å². The van der Waals surface area contributed by atoms with Crippen LogP contribution in [0, 0.1) is 18.6 Å². The van der Waals surface area contributed by atoms with Crippen LogP contribution in [0.1, 0.15) is 15.4 Å². The van der Waals surface area contributed by atoms with E-state index in [2.05, 4.69) is 15.6 Å². The number of benzene rings is 2. The van der Waals surface area contributed by atoms with E-state index < -0.39 is 11.7 Å². The number of aryl methyl sites for hydroxylation is 1. The summed E-state index contributed by atoms with van der Waals surface area (Å²) in [5.74, 6) is -1.43. The van der Waals surface area contributed by atoms with Crippen LogP contribution in [-0.2, 0) is 0 Å². The molecule has 1 amide bonds. The topological polar surface area (TPSA) is 54.0 Å². The van der Waals surface area contributed by atoms with Crippen molar-refractivity contribution in [1.82, 2.24) is 4.98 Å². The van der Waals surface area contributed by atoms with E-state index in [1.807, 2.05) is 0 Å². The SMILES string of the molecule is Cc1nc(Nc2ccc(F)cc2)sc1C(=O)Nc1ccc(Cl)cc1F. The molecule has 3 rings (SSSR count). The van der Waals surface area contributed by atoms with Crippen molar-refractivity contribution < 1.29 is 13.6 Å². The number of nitrogens with zero attached hydrogens (tertiary/aromatic N) is 1. The molecule has 128 valence electrons. The van der Waals surface area contributed by atoms with Crippen molar-refractivity contribution >= 4 is 45.4 Å². The zero-order valence-electron chi connectivity index (χ0n) is 12.9. The maximum atomic E-state index is 13.8. The van der Waals surface area contributed by atoms with Crippen molar-refractivity contribution in [3.05, 3.63) is 69.7 Å². The van der Waals surface area contributed by atoms with Crippen molar-refractivity contribution in [2.75, 3.05) is 10.6 Å². The Labute approximate surface area is 151 Å². The highest BCUT2D eigenvalue weighted by Gasteiger charge is 2.17. The Kier molecular flexibility index (Phi) is 4.96. The number of nitrogens with one attached hydrogen (secondary N) is 2. The van der Waals surface area contributed by atoms with E-state index in [0.29, 0.717) is 21.4 Å². The van der Waals surface area contributed by atoms with Gasteiger partial charge < -0.3 is 10.6 Å². The van der Waals surface area contributed by atoms with E-state index >= 15 is 0 Å². The Morgan fingerprint density at radius 2 is 1.88 bits per heavy atom. The molecule has 0 atom stereocenters. The molecule has 3 aromatic rings. The Morgan fingerprint density at radius 3 is 2.56 bits per heavy atom. The Hall–Kier alpha value is -2.51. The average Bonchev–Trinajstić information content (AvgIpc) is 2.93. The summed E-state index contributed by atoms with van der Waals surface area (Å²) in [6, 6.07) is 9.77. The van der Waals surface area contributed by atoms with Gasteiger partial charge in [0.25, 0.3) is 5.91 Å². The van der Waals surface area contributed by atoms with Crippen molar-refractivity contribution in [1.29, 1.82) is 0 Å². The van der Waals surface area contributed by atoms with Gasteiger partial charge in [0.05, 0.1) is 11.4 Å². The summed E-state index contributed by atoms with van der Waals surface area (Å²) >= 11 is 6.81. The molecule has 25 heavy (non-hydrogen) atoms. The fourth-order valence-electron chi connectivity index (χ4n) is 2.09. The molecule has 0 saturated carbocycles. The second kappa shape index (κ2) is 7.16. The third-order valence-corrected chi connectivity index (χ3v) is 4.58. The van der Waals surface area contributed by atoms with E-state index in [1.165, 1.54) is 24.3 Å². The molecule has 0 saturated heterocycles. The number of carbonyl (C=O) groups excluding carboxylic acids is 1. The summed E-state index contributed by atoms with van der Waals surface area (Å²) in [6.07, 6.45) is 0. The minimum Gasteiger partial charge on any atom is -0.332 e. The normalized spacial score (nSPS) is 10.6. The molecule has 0 aliphatic carbocycles. The predicted molar refractivity (Wildman–Crippen MR) is 95.9 cm³/mol. The van der Waals surface area contributed by atoms with E-state index in [0.717, 1.165) is 17.4 Å². The van der Waals surface area contributed by atoms with Gasteiger partial charge in [-0.25, -0.2) is 13.8 Å². The lowest BCUT2D eigenvalue weighted by molar-refractivity contribution is 0.102. The number of halogens is 3. The van der Waals surface area contributed by atoms with Gasteiger partial charge >= 0.3 is 0 Å². The Bertz CT molecular complexity index is 928. The van der Waals surface area contributed by atoms with Crippen LogP contribution < -0.4 is 10.6 Å². The van der Waals surface area contributed by atoms with Gasteiger partial charge in [0.15, 0.2) is 5.13 Å². The third kappa shape index (κ3) is 4.12. The number of carbonyl (C=O) groups is 1. The lowest BCUT2D eigenvalue weighted by Gasteiger charge is -2.05. The molecule has 0 spiro atoms. The standard InChI is InChI=1S/C17H12ClF2N3OS/c1-9-15(16(24)23-14-7-2-10(18)8-13(14)20)25-17(21-9)22-12-5-3-11(19)4-6-12/h2-8H,1H3,(H,21,22)(H,23,24). The number of thiazole rings is 1. The minimum absolute atomic E-state index is 0.0373. The van der Waals surface area contributed by atoms with Crippen molar-refractivity contribution in [2.45, 2.75) is 6.92 Å². The van der Waals surface area contributed by atoms with Crippen LogP contribution in [0.5, 0.6) is 0 Å². The largest absolute Gasteiger partial charge is 0.332 e. The molecule has 0 aliphatic heterocycles. The third-order valence-electron chi connectivity index (χ3n) is 3.28. The van der Waals surface area contributed by atoms with Gasteiger partial charge in [-0.3, -0.25) is 4.79 Å². The number of amides is 1. The average molecular weight is 380 g/mol. The highest BCUT2D eigenvalue weighted by Crippen LogP contribution is 2.27. The van der Waals surface area contributed by atoms with Gasteiger partial charge in [0.1, 0.15) is 16.5 Å². The molecule has 0 bridgehead atoms. The molecular formula is C17H12ClF2N3OS. The molecule has 0 fully saturated rings. The second-order valence-electron chi connectivity index (χ2n) is 5.14. The van der Waals surface area contributed by atoms with Crippen molar-refractivity contribution in [2.24, 2.45) is 0 Å². The first kappa shape index (κ1) is 17.3. The molecule has 2 aromatic carbocycles. The molecule has 0 aliphatic rings. The van der Waals surface area contributed by atoms with Gasteiger partial charge in [-0.05, 0) is 49.4 Å². The zero-order chi connectivity index (χ0) is 18.0. The lowest BCUT2D eigenvalue weighted by atomic mass is 10.3. The van der Waals surface area contributed by atoms with Crippen LogP contribution in [0.2, 0.25) is 5.02 Å². The van der Waals surface area contributed by atoms with E-state index in [9.17, 15) is 13.6 Å². The highest BCUT2D eigenvalue weighted by atomic mass is 35.5. The fraction of sp³-hybridized carbons (Fsp3) is 0.0588. The van der Waals surface area contributed by atoms with Crippen molar-refractivity contribution in [3.8, 4) is 0 Å². The molecule has 0 radical (unpaired) electrons. The first-order chi connectivity index (χ1) is 11.9. The molecule has 2 N–H and O–H groups in total. The Morgan fingerprint density at radius 1 is 1.16 bits per heavy atom. The number of hydrogen-bond donors (Lipinski definition) is 2. The maximum Gasteiger partial charge on any atom is 0.267 e. The first-order valence-electron chi connectivity index (χ1n) is 7.19. The monoisotopic (exact) mass is 379 g/mol. The predicted octanol–water partition coefficient (Wildman–Crippen LogP) is 5.38. The van der Waals surface area contributed by atoms with Crippen LogP contribution in [0.3, 0.4) is 0 Å². The molecule has 1 heterocycles. The van der Waals surface area contributed by atoms with Crippen LogP contribution in [0.25, 0.3) is 0 Å². The maximum absolute atomic E-state index is 13.8. The molecule has 4 nitrogen and oxygen atoms in total. The summed E-state index contributed by atoms with van der Waals surface area (Å²) in [6.45, 7) is 1.68. The van der Waals surface area contributed by atoms with Crippen LogP contribution in [0.15, 0.2) is 42.5 Å². The van der Waals surface area contributed by atoms with E-state index in [1.54, 1.807) is 19.1 Å². The summed E-state index contributed by atoms with van der Waals surface area (Å²) in [7, 11) is 0. The van der Waals surface area contributed by atoms with Gasteiger partial charge in [-0.15, -0.1) is 0 Å². The first-order valence-corrected chi connectivity index (χ1v) is 8.38. The van der Waals surface area contributed by atoms with Gasteiger partial charge in [-0.1, -0.05) is 22.9 Å². The second-order valence-corrected chi connectivity index (χ2v) is 6.58. The number of anilines is 3. The van der Waals surface area contributed by atoms with Gasteiger partial charge in [-0.2, -0.15) is 0 Å². The van der Waals surface area contributed by atoms with Crippen LogP contribution in [-0.4, -0.2) is 10.9 Å². The zero-order valence-corrected chi connectivity index (χ0v) is 14.5. The number of rotatable bonds is 4. The molecular weight excluding hydrogens is 368 g/mol. The summed E-state index contributed by atoms with van der Waals surface area (Å²) in [5.41, 5.74) is 1.18. The van der Waals surface area contributed by atoms with E-state index in [4.69, 9.17) is 11.6 Å². The van der Waals surface area contributed by atoms with E-state index in [-0.39, 0.29) is 16.5 Å². The summed E-state index contributed by atoms with van der Waals surface area (Å²) < 4.78 is 26.7. The smallest absolute Gasteiger partial charge is 0.267 e. The minimum atomic E-state index is -0.618. The Balaban J connectivity index is 1.77. The van der Waals surface area contributed by atoms with Gasteiger partial charge in [0, 0.05) is 10.7 Å². The summed E-state index contributed by atoms with van der Waals surface area (Å²) in [5, 5.41) is 6.22. The summed E-state index contributed by atoms with van der Waals surface area (Å²) in [4.78, 5) is 17.0.